The van der Waals surface area contributed by atoms with E-state index in [2.05, 4.69) is 4.98 Å². The van der Waals surface area contributed by atoms with E-state index >= 15 is 0 Å². The summed E-state index contributed by atoms with van der Waals surface area (Å²) in [5, 5.41) is 0.600. The number of benzene rings is 3. The fourth-order valence-electron chi connectivity index (χ4n) is 3.27. The number of pyridine rings is 1. The number of nitrogens with zero attached hydrogens (tertiary/aromatic N) is 1. The van der Waals surface area contributed by atoms with Crippen molar-refractivity contribution in [3.8, 4) is 11.1 Å². The number of hydrogen-bond acceptors (Lipinski definition) is 3. The second kappa shape index (κ2) is 7.21. The molecule has 4 aromatic rings. The van der Waals surface area contributed by atoms with Crippen LogP contribution in [0.5, 0.6) is 0 Å². The maximum Gasteiger partial charge on any atom is 0.208 e. The fraction of sp³-hybridized carbons (Fsp3) is 0.0455. The summed E-state index contributed by atoms with van der Waals surface area (Å²) in [5.74, 6) is -1.04. The standard InChI is InChI=1S/C22H14ClF2NO2S/c1-13-9-15(23)11-17(10-13)29(27,28)20-12-26-22-18(3-2-4-19(22)25)21(20)14-5-7-16(24)8-6-14/h2-12H,1H3. The van der Waals surface area contributed by atoms with Crippen LogP contribution in [-0.2, 0) is 9.84 Å². The van der Waals surface area contributed by atoms with Crippen LogP contribution in [0, 0.1) is 18.6 Å². The summed E-state index contributed by atoms with van der Waals surface area (Å²) in [6.07, 6.45) is 1.13. The van der Waals surface area contributed by atoms with Crippen LogP contribution >= 0.6 is 11.6 Å². The van der Waals surface area contributed by atoms with E-state index in [1.165, 1.54) is 48.5 Å². The molecular formula is C22H14ClF2NO2S. The summed E-state index contributed by atoms with van der Waals surface area (Å²) < 4.78 is 54.7. The minimum atomic E-state index is -4.04. The summed E-state index contributed by atoms with van der Waals surface area (Å²) in [6, 6.07) is 14.2. The molecule has 146 valence electrons. The molecule has 0 aliphatic rings. The Morgan fingerprint density at radius 1 is 0.966 bits per heavy atom. The largest absolute Gasteiger partial charge is 0.252 e. The highest BCUT2D eigenvalue weighted by atomic mass is 35.5. The first-order chi connectivity index (χ1) is 13.8. The predicted molar refractivity (Wildman–Crippen MR) is 109 cm³/mol. The van der Waals surface area contributed by atoms with Crippen LogP contribution in [0.15, 0.2) is 76.7 Å². The second-order valence-electron chi connectivity index (χ2n) is 6.61. The second-order valence-corrected chi connectivity index (χ2v) is 8.96. The fourth-order valence-corrected chi connectivity index (χ4v) is 5.19. The number of fused-ring (bicyclic) bond motifs is 1. The number of hydrogen-bond donors (Lipinski definition) is 0. The van der Waals surface area contributed by atoms with Crippen molar-refractivity contribution in [2.24, 2.45) is 0 Å². The molecule has 0 unspecified atom stereocenters. The number of aromatic nitrogens is 1. The molecule has 0 bridgehead atoms. The Morgan fingerprint density at radius 3 is 2.38 bits per heavy atom. The van der Waals surface area contributed by atoms with Crippen molar-refractivity contribution >= 4 is 32.3 Å². The van der Waals surface area contributed by atoms with E-state index in [1.54, 1.807) is 19.1 Å². The lowest BCUT2D eigenvalue weighted by Gasteiger charge is -2.14. The van der Waals surface area contributed by atoms with Gasteiger partial charge in [-0.3, -0.25) is 4.98 Å². The Kier molecular flexibility index (Phi) is 4.84. The molecule has 1 heterocycles. The molecule has 4 rings (SSSR count). The molecule has 3 nitrogen and oxygen atoms in total. The van der Waals surface area contributed by atoms with Gasteiger partial charge in [-0.25, -0.2) is 17.2 Å². The molecule has 29 heavy (non-hydrogen) atoms. The first kappa shape index (κ1) is 19.5. The minimum absolute atomic E-state index is 0.00316. The highest BCUT2D eigenvalue weighted by Crippen LogP contribution is 2.37. The maximum absolute atomic E-state index is 14.3. The molecule has 0 fully saturated rings. The summed E-state index contributed by atoms with van der Waals surface area (Å²) in [7, 11) is -4.04. The summed E-state index contributed by atoms with van der Waals surface area (Å²) >= 11 is 6.06. The van der Waals surface area contributed by atoms with Crippen LogP contribution < -0.4 is 0 Å². The van der Waals surface area contributed by atoms with Crippen LogP contribution in [0.25, 0.3) is 22.0 Å². The molecule has 0 atom stereocenters. The Bertz CT molecular complexity index is 1330. The molecular weight excluding hydrogens is 416 g/mol. The molecule has 7 heteroatoms. The minimum Gasteiger partial charge on any atom is -0.252 e. The van der Waals surface area contributed by atoms with Gasteiger partial charge in [-0.05, 0) is 54.4 Å². The van der Waals surface area contributed by atoms with E-state index in [0.29, 0.717) is 16.5 Å². The highest BCUT2D eigenvalue weighted by molar-refractivity contribution is 7.91. The zero-order chi connectivity index (χ0) is 20.8. The first-order valence-electron chi connectivity index (χ1n) is 8.63. The van der Waals surface area contributed by atoms with Crippen LogP contribution in [0.1, 0.15) is 5.56 Å². The van der Waals surface area contributed by atoms with Crippen molar-refractivity contribution in [1.82, 2.24) is 4.98 Å². The van der Waals surface area contributed by atoms with E-state index in [9.17, 15) is 17.2 Å². The van der Waals surface area contributed by atoms with Crippen molar-refractivity contribution < 1.29 is 17.2 Å². The van der Waals surface area contributed by atoms with Crippen molar-refractivity contribution in [1.29, 1.82) is 0 Å². The van der Waals surface area contributed by atoms with E-state index in [0.717, 1.165) is 6.20 Å². The molecule has 1 aromatic heterocycles. The van der Waals surface area contributed by atoms with E-state index in [4.69, 9.17) is 11.6 Å². The van der Waals surface area contributed by atoms with Crippen LogP contribution in [0.3, 0.4) is 0 Å². The zero-order valence-electron chi connectivity index (χ0n) is 15.2. The monoisotopic (exact) mass is 429 g/mol. The third kappa shape index (κ3) is 3.50. The number of rotatable bonds is 3. The third-order valence-electron chi connectivity index (χ3n) is 4.56. The van der Waals surface area contributed by atoms with Gasteiger partial charge in [0.2, 0.25) is 9.84 Å². The van der Waals surface area contributed by atoms with Gasteiger partial charge >= 0.3 is 0 Å². The van der Waals surface area contributed by atoms with E-state index in [-0.39, 0.29) is 25.9 Å². The third-order valence-corrected chi connectivity index (χ3v) is 6.52. The van der Waals surface area contributed by atoms with Gasteiger partial charge in [0.1, 0.15) is 17.2 Å². The average Bonchev–Trinajstić information content (AvgIpc) is 2.67. The van der Waals surface area contributed by atoms with Crippen molar-refractivity contribution in [3.63, 3.8) is 0 Å². The molecule has 0 saturated carbocycles. The van der Waals surface area contributed by atoms with Gasteiger partial charge in [-0.15, -0.1) is 0 Å². The Hall–Kier alpha value is -2.83. The molecule has 0 aliphatic heterocycles. The molecule has 0 saturated heterocycles. The average molecular weight is 430 g/mol. The molecule has 0 N–H and O–H groups in total. The smallest absolute Gasteiger partial charge is 0.208 e. The lowest BCUT2D eigenvalue weighted by atomic mass is 10.0. The molecule has 0 spiro atoms. The normalized spacial score (nSPS) is 11.7. The molecule has 0 radical (unpaired) electrons. The Labute approximate surface area is 171 Å². The van der Waals surface area contributed by atoms with E-state index in [1.807, 2.05) is 0 Å². The number of aryl methyl sites for hydroxylation is 1. The highest BCUT2D eigenvalue weighted by Gasteiger charge is 2.26. The summed E-state index contributed by atoms with van der Waals surface area (Å²) in [5.41, 5.74) is 1.40. The Morgan fingerprint density at radius 2 is 1.69 bits per heavy atom. The van der Waals surface area contributed by atoms with Crippen molar-refractivity contribution in [2.45, 2.75) is 16.7 Å². The van der Waals surface area contributed by atoms with E-state index < -0.39 is 21.5 Å². The van der Waals surface area contributed by atoms with Crippen LogP contribution in [0.2, 0.25) is 5.02 Å². The molecule has 3 aromatic carbocycles. The zero-order valence-corrected chi connectivity index (χ0v) is 16.7. The lowest BCUT2D eigenvalue weighted by molar-refractivity contribution is 0.596. The quantitative estimate of drug-likeness (QED) is 0.402. The summed E-state index contributed by atoms with van der Waals surface area (Å²) in [6.45, 7) is 1.74. The number of para-hydroxylation sites is 1. The Balaban J connectivity index is 2.09. The van der Waals surface area contributed by atoms with Gasteiger partial charge in [0.05, 0.1) is 9.79 Å². The SMILES string of the molecule is Cc1cc(Cl)cc(S(=O)(=O)c2cnc3c(F)cccc3c2-c2ccc(F)cc2)c1. The van der Waals surface area contributed by atoms with Crippen LogP contribution in [0.4, 0.5) is 8.78 Å². The van der Waals surface area contributed by atoms with Gasteiger partial charge in [0.15, 0.2) is 0 Å². The van der Waals surface area contributed by atoms with Crippen molar-refractivity contribution in [3.05, 3.63) is 89.1 Å². The predicted octanol–water partition coefficient (Wildman–Crippen LogP) is 5.97. The first-order valence-corrected chi connectivity index (χ1v) is 10.5. The van der Waals surface area contributed by atoms with Gasteiger partial charge in [-0.1, -0.05) is 35.9 Å². The van der Waals surface area contributed by atoms with Gasteiger partial charge in [0.25, 0.3) is 0 Å². The lowest BCUT2D eigenvalue weighted by Crippen LogP contribution is -2.06. The molecule has 0 amide bonds. The topological polar surface area (TPSA) is 47.0 Å². The maximum atomic E-state index is 14.3. The van der Waals surface area contributed by atoms with Gasteiger partial charge < -0.3 is 0 Å². The van der Waals surface area contributed by atoms with Crippen LogP contribution in [-0.4, -0.2) is 13.4 Å². The van der Waals surface area contributed by atoms with Gasteiger partial charge in [-0.2, -0.15) is 0 Å². The summed E-state index contributed by atoms with van der Waals surface area (Å²) in [4.78, 5) is 3.96. The molecule has 0 aliphatic carbocycles. The number of halogens is 3. The van der Waals surface area contributed by atoms with Crippen molar-refractivity contribution in [2.75, 3.05) is 0 Å². The number of sulfone groups is 1. The van der Waals surface area contributed by atoms with Gasteiger partial charge in [0, 0.05) is 22.2 Å².